The first-order valence-electron chi connectivity index (χ1n) is 11.8. The molecule has 0 radical (unpaired) electrons. The van der Waals surface area contributed by atoms with Crippen molar-refractivity contribution in [1.82, 2.24) is 9.88 Å². The lowest BCUT2D eigenvalue weighted by atomic mass is 10.1. The third-order valence-electron chi connectivity index (χ3n) is 6.29. The van der Waals surface area contributed by atoms with Gasteiger partial charge in [0.25, 0.3) is 0 Å². The summed E-state index contributed by atoms with van der Waals surface area (Å²) in [7, 11) is 1.72. The molecule has 2 heterocycles. The predicted molar refractivity (Wildman–Crippen MR) is 151 cm³/mol. The van der Waals surface area contributed by atoms with Gasteiger partial charge in [-0.2, -0.15) is 0 Å². The molecular weight excluding hydrogens is 567 g/mol. The van der Waals surface area contributed by atoms with Crippen molar-refractivity contribution < 1.29 is 14.3 Å². The summed E-state index contributed by atoms with van der Waals surface area (Å²) in [6, 6.07) is 23.5. The van der Waals surface area contributed by atoms with E-state index in [4.69, 9.17) is 9.47 Å². The zero-order valence-electron chi connectivity index (χ0n) is 20.0. The molecule has 3 aromatic carbocycles. The summed E-state index contributed by atoms with van der Waals surface area (Å²) in [6.07, 6.45) is 1.20. The molecule has 1 N–H and O–H groups in total. The van der Waals surface area contributed by atoms with Gasteiger partial charge < -0.3 is 14.4 Å². The van der Waals surface area contributed by atoms with Gasteiger partial charge in [-0.15, -0.1) is 0 Å². The number of benzene rings is 3. The van der Waals surface area contributed by atoms with Gasteiger partial charge in [-0.25, -0.2) is 4.79 Å². The minimum atomic E-state index is -0.536. The van der Waals surface area contributed by atoms with Crippen molar-refractivity contribution in [2.75, 3.05) is 43.5 Å². The monoisotopic (exact) mass is 594 g/mol. The zero-order valence-corrected chi connectivity index (χ0v) is 22.1. The van der Waals surface area contributed by atoms with Crippen LogP contribution >= 0.6 is 22.6 Å². The maximum absolute atomic E-state index is 12.6. The van der Waals surface area contributed by atoms with Gasteiger partial charge in [-0.3, -0.25) is 15.2 Å². The van der Waals surface area contributed by atoms with Gasteiger partial charge in [-0.1, -0.05) is 36.4 Å². The van der Waals surface area contributed by atoms with Crippen molar-refractivity contribution in [3.8, 4) is 11.5 Å². The number of carbonyl (C=O) groups excluding carboxylic acids is 1. The van der Waals surface area contributed by atoms with Crippen LogP contribution in [-0.2, 0) is 6.54 Å². The number of nitrogens with one attached hydrogen (secondary N) is 1. The van der Waals surface area contributed by atoms with E-state index in [2.05, 4.69) is 60.9 Å². The second kappa shape index (κ2) is 11.1. The second-order valence-electron chi connectivity index (χ2n) is 8.56. The number of piperazine rings is 1. The maximum atomic E-state index is 12.6. The van der Waals surface area contributed by atoms with Crippen molar-refractivity contribution in [3.05, 3.63) is 88.1 Å². The van der Waals surface area contributed by atoms with Gasteiger partial charge in [0, 0.05) is 50.0 Å². The van der Waals surface area contributed by atoms with Gasteiger partial charge in [0.2, 0.25) is 0 Å². The summed E-state index contributed by atoms with van der Waals surface area (Å²) in [4.78, 5) is 22.0. The summed E-state index contributed by atoms with van der Waals surface area (Å²) in [5.74, 6) is 1.38. The molecule has 0 bridgehead atoms. The molecule has 0 saturated carbocycles. The summed E-state index contributed by atoms with van der Waals surface area (Å²) in [5, 5.41) is 3.77. The van der Waals surface area contributed by atoms with Gasteiger partial charge in [0.15, 0.2) is 5.75 Å². The summed E-state index contributed by atoms with van der Waals surface area (Å²) < 4.78 is 12.1. The highest BCUT2D eigenvalue weighted by atomic mass is 127. The van der Waals surface area contributed by atoms with Gasteiger partial charge in [0.1, 0.15) is 11.3 Å². The Hall–Kier alpha value is -3.37. The normalized spacial score (nSPS) is 14.0. The van der Waals surface area contributed by atoms with Crippen LogP contribution in [0.2, 0.25) is 0 Å². The average Bonchev–Trinajstić information content (AvgIpc) is 2.92. The number of nitrogens with zero attached hydrogens (tertiary/aromatic N) is 3. The first kappa shape index (κ1) is 24.3. The Morgan fingerprint density at radius 2 is 1.75 bits per heavy atom. The van der Waals surface area contributed by atoms with Gasteiger partial charge in [-0.05, 0) is 64.6 Å². The maximum Gasteiger partial charge on any atom is 0.417 e. The number of amides is 1. The Morgan fingerprint density at radius 3 is 2.53 bits per heavy atom. The van der Waals surface area contributed by atoms with E-state index in [0.29, 0.717) is 17.0 Å². The Bertz CT molecular complexity index is 1360. The van der Waals surface area contributed by atoms with Crippen molar-refractivity contribution in [3.63, 3.8) is 0 Å². The van der Waals surface area contributed by atoms with E-state index in [1.807, 2.05) is 54.6 Å². The van der Waals surface area contributed by atoms with E-state index in [0.717, 1.165) is 53.1 Å². The molecule has 1 aliphatic rings. The Morgan fingerprint density at radius 1 is 1.00 bits per heavy atom. The molecule has 0 spiro atoms. The van der Waals surface area contributed by atoms with Crippen molar-refractivity contribution >= 4 is 51.0 Å². The molecule has 0 unspecified atom stereocenters. The van der Waals surface area contributed by atoms with E-state index >= 15 is 0 Å². The van der Waals surface area contributed by atoms with Crippen LogP contribution in [0.5, 0.6) is 11.5 Å². The highest BCUT2D eigenvalue weighted by Gasteiger charge is 2.22. The molecule has 1 amide bonds. The van der Waals surface area contributed by atoms with Gasteiger partial charge in [0.05, 0.1) is 16.4 Å². The second-order valence-corrected chi connectivity index (χ2v) is 9.72. The third kappa shape index (κ3) is 5.39. The summed E-state index contributed by atoms with van der Waals surface area (Å²) in [5.41, 5.74) is 3.68. The number of hydrogen-bond donors (Lipinski definition) is 1. The SMILES string of the molecule is COc1ccccc1N1CCN(Cc2cc(I)c(OC(=O)Nc3ccccc3)c3ncccc23)CC1. The van der Waals surface area contributed by atoms with E-state index in [1.165, 1.54) is 5.56 Å². The number of anilines is 2. The number of hydrogen-bond acceptors (Lipinski definition) is 6. The number of ether oxygens (including phenoxy) is 2. The van der Waals surface area contributed by atoms with Crippen LogP contribution in [0, 0.1) is 3.57 Å². The van der Waals surface area contributed by atoms with E-state index in [9.17, 15) is 4.79 Å². The Kier molecular flexibility index (Phi) is 7.52. The molecule has 1 aromatic heterocycles. The number of aromatic nitrogens is 1. The van der Waals surface area contributed by atoms with Crippen molar-refractivity contribution in [1.29, 1.82) is 0 Å². The van der Waals surface area contributed by atoms with Crippen LogP contribution in [0.1, 0.15) is 5.56 Å². The van der Waals surface area contributed by atoms with Crippen molar-refractivity contribution in [2.45, 2.75) is 6.54 Å². The average molecular weight is 594 g/mol. The molecular formula is C28H27IN4O3. The lowest BCUT2D eigenvalue weighted by molar-refractivity contribution is 0.215. The van der Waals surface area contributed by atoms with Crippen LogP contribution in [0.3, 0.4) is 0 Å². The minimum absolute atomic E-state index is 0.476. The van der Waals surface area contributed by atoms with E-state index in [1.54, 1.807) is 13.3 Å². The predicted octanol–water partition coefficient (Wildman–Crippen LogP) is 5.78. The lowest BCUT2D eigenvalue weighted by Gasteiger charge is -2.36. The molecule has 0 aliphatic carbocycles. The van der Waals surface area contributed by atoms with Gasteiger partial charge >= 0.3 is 6.09 Å². The number of para-hydroxylation sites is 3. The molecule has 1 fully saturated rings. The smallest absolute Gasteiger partial charge is 0.417 e. The van der Waals surface area contributed by atoms with Crippen molar-refractivity contribution in [2.24, 2.45) is 0 Å². The molecule has 7 nitrogen and oxygen atoms in total. The molecule has 0 atom stereocenters. The quantitative estimate of drug-likeness (QED) is 0.286. The number of methoxy groups -OCH3 is 1. The largest absolute Gasteiger partial charge is 0.495 e. The van der Waals surface area contributed by atoms with Crippen LogP contribution < -0.4 is 19.7 Å². The lowest BCUT2D eigenvalue weighted by Crippen LogP contribution is -2.46. The highest BCUT2D eigenvalue weighted by molar-refractivity contribution is 14.1. The van der Waals surface area contributed by atoms with Crippen LogP contribution in [0.15, 0.2) is 79.0 Å². The highest BCUT2D eigenvalue weighted by Crippen LogP contribution is 2.34. The van der Waals surface area contributed by atoms with Crippen LogP contribution in [0.4, 0.5) is 16.2 Å². The molecule has 36 heavy (non-hydrogen) atoms. The first-order valence-corrected chi connectivity index (χ1v) is 12.9. The molecule has 1 saturated heterocycles. The molecule has 8 heteroatoms. The Balaban J connectivity index is 1.31. The van der Waals surface area contributed by atoms with E-state index < -0.39 is 6.09 Å². The number of halogens is 1. The number of pyridine rings is 1. The molecule has 1 aliphatic heterocycles. The standard InChI is InChI=1S/C28H27IN4O3/c1-35-25-12-6-5-11-24(25)33-16-14-32(15-17-33)19-20-18-23(29)27(26-22(20)10-7-13-30-26)36-28(34)31-21-8-3-2-4-9-21/h2-13,18H,14-17,19H2,1H3,(H,31,34). The minimum Gasteiger partial charge on any atom is -0.495 e. The molecule has 184 valence electrons. The van der Waals surface area contributed by atoms with E-state index in [-0.39, 0.29) is 0 Å². The van der Waals surface area contributed by atoms with Crippen LogP contribution in [0.25, 0.3) is 10.9 Å². The number of rotatable bonds is 6. The number of fused-ring (bicyclic) bond motifs is 1. The topological polar surface area (TPSA) is 66.9 Å². The Labute approximate surface area is 224 Å². The zero-order chi connectivity index (χ0) is 24.9. The fraction of sp³-hybridized carbons (Fsp3) is 0.214. The number of carbonyl (C=O) groups is 1. The third-order valence-corrected chi connectivity index (χ3v) is 7.09. The molecule has 5 rings (SSSR count). The summed E-state index contributed by atoms with van der Waals surface area (Å²) >= 11 is 2.23. The molecule has 4 aromatic rings. The summed E-state index contributed by atoms with van der Waals surface area (Å²) in [6.45, 7) is 4.53. The van der Waals surface area contributed by atoms with Crippen LogP contribution in [-0.4, -0.2) is 49.3 Å². The fourth-order valence-corrected chi connectivity index (χ4v) is 5.26. The first-order chi connectivity index (χ1) is 17.6. The fourth-order valence-electron chi connectivity index (χ4n) is 4.52.